The predicted octanol–water partition coefficient (Wildman–Crippen LogP) is 3.34. The Labute approximate surface area is 157 Å². The highest BCUT2D eigenvalue weighted by molar-refractivity contribution is 5.85. The molecule has 0 radical (unpaired) electrons. The molecule has 0 bridgehead atoms. The van der Waals surface area contributed by atoms with Gasteiger partial charge in [0.25, 0.3) is 0 Å². The number of nitrogens with one attached hydrogen (secondary N) is 1. The molecule has 1 aromatic heterocycles. The van der Waals surface area contributed by atoms with Gasteiger partial charge in [-0.2, -0.15) is 5.10 Å². The van der Waals surface area contributed by atoms with Gasteiger partial charge in [-0.25, -0.2) is 9.67 Å². The van der Waals surface area contributed by atoms with E-state index in [9.17, 15) is 4.79 Å². The van der Waals surface area contributed by atoms with Crippen molar-refractivity contribution in [2.45, 2.75) is 19.5 Å². The summed E-state index contributed by atoms with van der Waals surface area (Å²) in [5.74, 6) is 0.0250. The lowest BCUT2D eigenvalue weighted by atomic mass is 10.0. The van der Waals surface area contributed by atoms with Crippen LogP contribution in [0.25, 0.3) is 10.8 Å². The summed E-state index contributed by atoms with van der Waals surface area (Å²) in [6, 6.07) is 22.5. The van der Waals surface area contributed by atoms with E-state index in [1.807, 2.05) is 42.5 Å². The van der Waals surface area contributed by atoms with Crippen LogP contribution in [0.15, 0.2) is 79.4 Å². The molecule has 0 saturated carbocycles. The highest BCUT2D eigenvalue weighted by Gasteiger charge is 2.05. The Balaban J connectivity index is 1.31. The fraction of sp³-hybridized carbons (Fsp3) is 0.136. The molecule has 0 aliphatic rings. The molecule has 0 saturated heterocycles. The number of benzene rings is 3. The Hall–Kier alpha value is -3.47. The van der Waals surface area contributed by atoms with Gasteiger partial charge in [0.05, 0.1) is 13.0 Å². The summed E-state index contributed by atoms with van der Waals surface area (Å²) in [5, 5.41) is 9.44. The maximum atomic E-state index is 12.3. The van der Waals surface area contributed by atoms with Crippen LogP contribution < -0.4 is 5.32 Å². The Kier molecular flexibility index (Phi) is 4.92. The van der Waals surface area contributed by atoms with Crippen molar-refractivity contribution < 1.29 is 4.79 Å². The molecule has 3 aromatic carbocycles. The normalized spacial score (nSPS) is 10.8. The largest absolute Gasteiger partial charge is 0.352 e. The average Bonchev–Trinajstić information content (AvgIpc) is 3.20. The van der Waals surface area contributed by atoms with E-state index in [1.165, 1.54) is 11.7 Å². The van der Waals surface area contributed by atoms with Gasteiger partial charge in [-0.05, 0) is 27.5 Å². The average molecular weight is 356 g/mol. The summed E-state index contributed by atoms with van der Waals surface area (Å²) in [6.45, 7) is 1.21. The van der Waals surface area contributed by atoms with Gasteiger partial charge >= 0.3 is 0 Å². The maximum Gasteiger partial charge on any atom is 0.224 e. The Morgan fingerprint density at radius 2 is 1.63 bits per heavy atom. The highest BCUT2D eigenvalue weighted by Crippen LogP contribution is 2.16. The second-order valence-electron chi connectivity index (χ2n) is 6.54. The second-order valence-corrected chi connectivity index (χ2v) is 6.54. The smallest absolute Gasteiger partial charge is 0.224 e. The van der Waals surface area contributed by atoms with Gasteiger partial charge in [-0.15, -0.1) is 0 Å². The van der Waals surface area contributed by atoms with E-state index in [0.29, 0.717) is 19.5 Å². The lowest BCUT2D eigenvalue weighted by Crippen LogP contribution is -2.24. The molecule has 1 heterocycles. The van der Waals surface area contributed by atoms with Crippen LogP contribution in [0.2, 0.25) is 0 Å². The summed E-state index contributed by atoms with van der Waals surface area (Å²) in [7, 11) is 0. The first-order valence-corrected chi connectivity index (χ1v) is 8.91. The molecule has 0 fully saturated rings. The molecule has 5 nitrogen and oxygen atoms in total. The molecule has 0 atom stereocenters. The Morgan fingerprint density at radius 1 is 0.889 bits per heavy atom. The SMILES string of the molecule is O=C(Cc1ccc2ccccc2c1)NCc1ccc(Cn2cncn2)cc1. The number of aromatic nitrogens is 3. The van der Waals surface area contributed by atoms with Crippen LogP contribution in [0.5, 0.6) is 0 Å². The summed E-state index contributed by atoms with van der Waals surface area (Å²) >= 11 is 0. The fourth-order valence-electron chi connectivity index (χ4n) is 3.06. The van der Waals surface area contributed by atoms with E-state index in [1.54, 1.807) is 11.0 Å². The molecule has 27 heavy (non-hydrogen) atoms. The van der Waals surface area contributed by atoms with Crippen LogP contribution in [0.4, 0.5) is 0 Å². The van der Waals surface area contributed by atoms with Crippen molar-refractivity contribution in [2.24, 2.45) is 0 Å². The van der Waals surface area contributed by atoms with Crippen molar-refractivity contribution in [1.29, 1.82) is 0 Å². The minimum absolute atomic E-state index is 0.0250. The molecule has 4 rings (SSSR count). The van der Waals surface area contributed by atoms with E-state index in [2.05, 4.69) is 39.7 Å². The van der Waals surface area contributed by atoms with Crippen molar-refractivity contribution in [1.82, 2.24) is 20.1 Å². The summed E-state index contributed by atoms with van der Waals surface area (Å²) in [4.78, 5) is 16.2. The maximum absolute atomic E-state index is 12.3. The van der Waals surface area contributed by atoms with Gasteiger partial charge < -0.3 is 5.32 Å². The van der Waals surface area contributed by atoms with Crippen molar-refractivity contribution in [3.8, 4) is 0 Å². The van der Waals surface area contributed by atoms with Crippen LogP contribution in [0, 0.1) is 0 Å². The number of carbonyl (C=O) groups excluding carboxylic acids is 1. The van der Waals surface area contributed by atoms with Gasteiger partial charge in [-0.1, -0.05) is 66.7 Å². The number of rotatable bonds is 6. The van der Waals surface area contributed by atoms with Crippen LogP contribution in [0.1, 0.15) is 16.7 Å². The number of carbonyl (C=O) groups is 1. The number of hydrogen-bond acceptors (Lipinski definition) is 3. The van der Waals surface area contributed by atoms with E-state index in [0.717, 1.165) is 22.1 Å². The summed E-state index contributed by atoms with van der Waals surface area (Å²) < 4.78 is 1.78. The lowest BCUT2D eigenvalue weighted by Gasteiger charge is -2.08. The van der Waals surface area contributed by atoms with Crippen LogP contribution in [0.3, 0.4) is 0 Å². The van der Waals surface area contributed by atoms with E-state index >= 15 is 0 Å². The zero-order valence-corrected chi connectivity index (χ0v) is 14.9. The standard InChI is InChI=1S/C22H20N4O/c27-22(12-19-9-10-20-3-1-2-4-21(20)11-19)24-13-17-5-7-18(8-6-17)14-26-16-23-15-25-26/h1-11,15-16H,12-14H2,(H,24,27). The summed E-state index contributed by atoms with van der Waals surface area (Å²) in [6.07, 6.45) is 3.61. The van der Waals surface area contributed by atoms with Gasteiger partial charge in [0.2, 0.25) is 5.91 Å². The van der Waals surface area contributed by atoms with Gasteiger partial charge in [0.15, 0.2) is 0 Å². The van der Waals surface area contributed by atoms with Crippen molar-refractivity contribution >= 4 is 16.7 Å². The molecule has 5 heteroatoms. The van der Waals surface area contributed by atoms with E-state index < -0.39 is 0 Å². The molecule has 1 N–H and O–H groups in total. The first kappa shape index (κ1) is 17.0. The quantitative estimate of drug-likeness (QED) is 0.576. The highest BCUT2D eigenvalue weighted by atomic mass is 16.1. The molecule has 4 aromatic rings. The molecule has 0 unspecified atom stereocenters. The van der Waals surface area contributed by atoms with Crippen molar-refractivity contribution in [3.05, 3.63) is 96.1 Å². The minimum atomic E-state index is 0.0250. The third-order valence-corrected chi connectivity index (χ3v) is 4.50. The molecular weight excluding hydrogens is 336 g/mol. The number of hydrogen-bond donors (Lipinski definition) is 1. The molecular formula is C22H20N4O. The zero-order chi connectivity index (χ0) is 18.5. The van der Waals surface area contributed by atoms with Crippen LogP contribution in [-0.4, -0.2) is 20.7 Å². The topological polar surface area (TPSA) is 59.8 Å². The van der Waals surface area contributed by atoms with Gasteiger partial charge in [0.1, 0.15) is 12.7 Å². The van der Waals surface area contributed by atoms with Gasteiger partial charge in [-0.3, -0.25) is 4.79 Å². The van der Waals surface area contributed by atoms with Crippen molar-refractivity contribution in [3.63, 3.8) is 0 Å². The molecule has 134 valence electrons. The van der Waals surface area contributed by atoms with E-state index in [4.69, 9.17) is 0 Å². The minimum Gasteiger partial charge on any atom is -0.352 e. The second kappa shape index (κ2) is 7.83. The Morgan fingerprint density at radius 3 is 2.41 bits per heavy atom. The number of nitrogens with zero attached hydrogens (tertiary/aromatic N) is 3. The monoisotopic (exact) mass is 356 g/mol. The molecule has 1 amide bonds. The summed E-state index contributed by atoms with van der Waals surface area (Å²) in [5.41, 5.74) is 3.24. The number of amides is 1. The first-order chi connectivity index (χ1) is 13.3. The predicted molar refractivity (Wildman–Crippen MR) is 105 cm³/mol. The van der Waals surface area contributed by atoms with Gasteiger partial charge in [0, 0.05) is 6.54 Å². The molecule has 0 aliphatic heterocycles. The lowest BCUT2D eigenvalue weighted by molar-refractivity contribution is -0.120. The third kappa shape index (κ3) is 4.39. The van der Waals surface area contributed by atoms with Crippen molar-refractivity contribution in [2.75, 3.05) is 0 Å². The van der Waals surface area contributed by atoms with E-state index in [-0.39, 0.29) is 5.91 Å². The molecule has 0 spiro atoms. The molecule has 0 aliphatic carbocycles. The van der Waals surface area contributed by atoms with Crippen LogP contribution >= 0.6 is 0 Å². The zero-order valence-electron chi connectivity index (χ0n) is 14.9. The van der Waals surface area contributed by atoms with Crippen LogP contribution in [-0.2, 0) is 24.3 Å². The Bertz CT molecular complexity index is 1040. The first-order valence-electron chi connectivity index (χ1n) is 8.91. The third-order valence-electron chi connectivity index (χ3n) is 4.50. The number of fused-ring (bicyclic) bond motifs is 1. The fourth-order valence-corrected chi connectivity index (χ4v) is 3.06.